The number of hydrogen-bond donors (Lipinski definition) is 1. The third kappa shape index (κ3) is 4.62. The second-order valence-electron chi connectivity index (χ2n) is 5.53. The predicted octanol–water partition coefficient (Wildman–Crippen LogP) is 3.43. The Bertz CT molecular complexity index is 623. The van der Waals surface area contributed by atoms with Gasteiger partial charge < -0.3 is 10.1 Å². The van der Waals surface area contributed by atoms with Gasteiger partial charge in [0.15, 0.2) is 6.10 Å². The fourth-order valence-electron chi connectivity index (χ4n) is 2.16. The van der Waals surface area contributed by atoms with Crippen LogP contribution in [-0.4, -0.2) is 18.6 Å². The predicted molar refractivity (Wildman–Crippen MR) is 89.2 cm³/mol. The molecule has 22 heavy (non-hydrogen) atoms. The van der Waals surface area contributed by atoms with Gasteiger partial charge in [-0.15, -0.1) is 0 Å². The van der Waals surface area contributed by atoms with Gasteiger partial charge in [0.1, 0.15) is 5.75 Å². The number of amides is 1. The van der Waals surface area contributed by atoms with E-state index in [1.165, 1.54) is 11.1 Å². The number of benzene rings is 2. The summed E-state index contributed by atoms with van der Waals surface area (Å²) < 4.78 is 5.70. The van der Waals surface area contributed by atoms with Gasteiger partial charge in [-0.2, -0.15) is 0 Å². The number of carbonyl (C=O) groups is 1. The van der Waals surface area contributed by atoms with E-state index in [0.717, 1.165) is 17.7 Å². The molecule has 0 heterocycles. The SMILES string of the molecule is Cc1ccc(O[C@@H](C)C(=O)NCCc2ccccc2)cc1C. The number of carbonyl (C=O) groups excluding carboxylic acids is 1. The molecule has 0 unspecified atom stereocenters. The molecule has 2 aromatic rings. The number of aryl methyl sites for hydroxylation is 2. The van der Waals surface area contributed by atoms with Gasteiger partial charge in [-0.25, -0.2) is 0 Å². The van der Waals surface area contributed by atoms with E-state index < -0.39 is 6.10 Å². The molecule has 3 heteroatoms. The van der Waals surface area contributed by atoms with Crippen molar-refractivity contribution in [1.82, 2.24) is 5.32 Å². The van der Waals surface area contributed by atoms with E-state index in [4.69, 9.17) is 4.74 Å². The normalized spacial score (nSPS) is 11.8. The van der Waals surface area contributed by atoms with Gasteiger partial charge in [-0.3, -0.25) is 4.79 Å². The minimum atomic E-state index is -0.502. The van der Waals surface area contributed by atoms with E-state index in [2.05, 4.69) is 24.4 Å². The lowest BCUT2D eigenvalue weighted by atomic mass is 10.1. The van der Waals surface area contributed by atoms with Crippen LogP contribution in [0.25, 0.3) is 0 Å². The van der Waals surface area contributed by atoms with Crippen LogP contribution in [0.5, 0.6) is 5.75 Å². The summed E-state index contributed by atoms with van der Waals surface area (Å²) >= 11 is 0. The minimum Gasteiger partial charge on any atom is -0.481 e. The molecule has 1 amide bonds. The van der Waals surface area contributed by atoms with Crippen molar-refractivity contribution >= 4 is 5.91 Å². The maximum atomic E-state index is 12.1. The lowest BCUT2D eigenvalue weighted by Crippen LogP contribution is -2.37. The molecule has 0 spiro atoms. The highest BCUT2D eigenvalue weighted by Crippen LogP contribution is 2.17. The highest BCUT2D eigenvalue weighted by Gasteiger charge is 2.14. The molecular weight excluding hydrogens is 274 g/mol. The first-order valence-electron chi connectivity index (χ1n) is 7.62. The molecule has 2 aromatic carbocycles. The monoisotopic (exact) mass is 297 g/mol. The van der Waals surface area contributed by atoms with Crippen molar-refractivity contribution in [2.75, 3.05) is 6.54 Å². The quantitative estimate of drug-likeness (QED) is 0.887. The summed E-state index contributed by atoms with van der Waals surface area (Å²) in [5.74, 6) is 0.642. The molecule has 0 saturated carbocycles. The summed E-state index contributed by atoms with van der Waals surface area (Å²) in [5.41, 5.74) is 3.59. The largest absolute Gasteiger partial charge is 0.481 e. The third-order valence-electron chi connectivity index (χ3n) is 3.72. The van der Waals surface area contributed by atoms with Crippen molar-refractivity contribution in [2.24, 2.45) is 0 Å². The zero-order valence-electron chi connectivity index (χ0n) is 13.4. The Morgan fingerprint density at radius 2 is 1.82 bits per heavy atom. The van der Waals surface area contributed by atoms with Gasteiger partial charge in [0.05, 0.1) is 0 Å². The van der Waals surface area contributed by atoms with Crippen LogP contribution in [0.4, 0.5) is 0 Å². The second kappa shape index (κ2) is 7.64. The molecule has 116 valence electrons. The summed E-state index contributed by atoms with van der Waals surface area (Å²) in [6, 6.07) is 16.0. The maximum absolute atomic E-state index is 12.1. The van der Waals surface area contributed by atoms with Crippen LogP contribution in [0.2, 0.25) is 0 Å². The summed E-state index contributed by atoms with van der Waals surface area (Å²) in [5, 5.41) is 2.91. The zero-order valence-corrected chi connectivity index (χ0v) is 13.4. The van der Waals surface area contributed by atoms with E-state index in [-0.39, 0.29) is 5.91 Å². The van der Waals surface area contributed by atoms with Crippen LogP contribution < -0.4 is 10.1 Å². The van der Waals surface area contributed by atoms with Crippen LogP contribution in [0.15, 0.2) is 48.5 Å². The smallest absolute Gasteiger partial charge is 0.260 e. The second-order valence-corrected chi connectivity index (χ2v) is 5.53. The maximum Gasteiger partial charge on any atom is 0.260 e. The van der Waals surface area contributed by atoms with E-state index in [0.29, 0.717) is 6.54 Å². The first-order chi connectivity index (χ1) is 10.6. The van der Waals surface area contributed by atoms with Gasteiger partial charge in [0.2, 0.25) is 0 Å². The Hall–Kier alpha value is -2.29. The molecule has 0 aromatic heterocycles. The molecule has 0 aliphatic heterocycles. The fourth-order valence-corrected chi connectivity index (χ4v) is 2.16. The summed E-state index contributed by atoms with van der Waals surface area (Å²) in [4.78, 5) is 12.1. The summed E-state index contributed by atoms with van der Waals surface area (Å²) in [7, 11) is 0. The first-order valence-corrected chi connectivity index (χ1v) is 7.62. The Morgan fingerprint density at radius 1 is 1.09 bits per heavy atom. The third-order valence-corrected chi connectivity index (χ3v) is 3.72. The average Bonchev–Trinajstić information content (AvgIpc) is 2.52. The highest BCUT2D eigenvalue weighted by atomic mass is 16.5. The molecule has 1 atom stereocenters. The Kier molecular flexibility index (Phi) is 5.59. The van der Waals surface area contributed by atoms with E-state index >= 15 is 0 Å². The minimum absolute atomic E-state index is 0.0887. The van der Waals surface area contributed by atoms with Gasteiger partial charge in [0.25, 0.3) is 5.91 Å². The standard InChI is InChI=1S/C19H23NO2/c1-14-9-10-18(13-15(14)2)22-16(3)19(21)20-12-11-17-7-5-4-6-8-17/h4-10,13,16H,11-12H2,1-3H3,(H,20,21)/t16-/m0/s1. The van der Waals surface area contributed by atoms with Gasteiger partial charge >= 0.3 is 0 Å². The van der Waals surface area contributed by atoms with Crippen LogP contribution >= 0.6 is 0 Å². The molecular formula is C19H23NO2. The number of nitrogens with one attached hydrogen (secondary N) is 1. The number of rotatable bonds is 6. The molecule has 0 saturated heterocycles. The molecule has 0 bridgehead atoms. The molecule has 3 nitrogen and oxygen atoms in total. The van der Waals surface area contributed by atoms with E-state index in [1.54, 1.807) is 6.92 Å². The lowest BCUT2D eigenvalue weighted by Gasteiger charge is -2.15. The van der Waals surface area contributed by atoms with E-state index in [1.807, 2.05) is 43.3 Å². The summed E-state index contributed by atoms with van der Waals surface area (Å²) in [6.45, 7) is 6.47. The molecule has 0 fully saturated rings. The molecule has 0 aliphatic carbocycles. The van der Waals surface area contributed by atoms with Crippen LogP contribution in [0, 0.1) is 13.8 Å². The Balaban J connectivity index is 1.80. The molecule has 0 radical (unpaired) electrons. The topological polar surface area (TPSA) is 38.3 Å². The van der Waals surface area contributed by atoms with Crippen molar-refractivity contribution in [1.29, 1.82) is 0 Å². The van der Waals surface area contributed by atoms with Crippen molar-refractivity contribution in [3.05, 3.63) is 65.2 Å². The number of ether oxygens (including phenoxy) is 1. The summed E-state index contributed by atoms with van der Waals surface area (Å²) in [6.07, 6.45) is 0.320. The van der Waals surface area contributed by atoms with Crippen LogP contribution in [-0.2, 0) is 11.2 Å². The number of hydrogen-bond acceptors (Lipinski definition) is 2. The average molecular weight is 297 g/mol. The van der Waals surface area contributed by atoms with Crippen molar-refractivity contribution in [3.63, 3.8) is 0 Å². The van der Waals surface area contributed by atoms with Crippen LogP contribution in [0.3, 0.4) is 0 Å². The Morgan fingerprint density at radius 3 is 2.50 bits per heavy atom. The van der Waals surface area contributed by atoms with Gasteiger partial charge in [-0.05, 0) is 56.0 Å². The van der Waals surface area contributed by atoms with Gasteiger partial charge in [0, 0.05) is 6.54 Å². The zero-order chi connectivity index (χ0) is 15.9. The Labute approximate surface area is 132 Å². The van der Waals surface area contributed by atoms with Crippen LogP contribution in [0.1, 0.15) is 23.6 Å². The van der Waals surface area contributed by atoms with Crippen molar-refractivity contribution < 1.29 is 9.53 Å². The van der Waals surface area contributed by atoms with Gasteiger partial charge in [-0.1, -0.05) is 36.4 Å². The highest BCUT2D eigenvalue weighted by molar-refractivity contribution is 5.80. The molecule has 2 rings (SSSR count). The first kappa shape index (κ1) is 16.1. The molecule has 0 aliphatic rings. The van der Waals surface area contributed by atoms with Crippen molar-refractivity contribution in [3.8, 4) is 5.75 Å². The lowest BCUT2D eigenvalue weighted by molar-refractivity contribution is -0.127. The fraction of sp³-hybridized carbons (Fsp3) is 0.316. The van der Waals surface area contributed by atoms with E-state index in [9.17, 15) is 4.79 Å². The molecule has 1 N–H and O–H groups in total. The van der Waals surface area contributed by atoms with Crippen molar-refractivity contribution in [2.45, 2.75) is 33.3 Å².